The van der Waals surface area contributed by atoms with E-state index in [0.717, 1.165) is 0 Å². The van der Waals surface area contributed by atoms with Crippen molar-refractivity contribution >= 4 is 17.8 Å². The molecule has 1 aromatic carbocycles. The lowest BCUT2D eigenvalue weighted by atomic mass is 10.1. The highest BCUT2D eigenvalue weighted by Crippen LogP contribution is 2.10. The largest absolute Gasteiger partial charge is 0.461 e. The van der Waals surface area contributed by atoms with Crippen LogP contribution in [0.15, 0.2) is 24.3 Å². The van der Waals surface area contributed by atoms with Crippen molar-refractivity contribution in [2.75, 3.05) is 26.2 Å². The molecule has 0 unspecified atom stereocenters. The van der Waals surface area contributed by atoms with E-state index in [1.165, 1.54) is 6.92 Å². The summed E-state index contributed by atoms with van der Waals surface area (Å²) in [5.41, 5.74) is 1.11. The highest BCUT2D eigenvalue weighted by molar-refractivity contribution is 5.81. The number of nitriles is 1. The molecular formula is C18H21N3O4. The first-order valence-electron chi connectivity index (χ1n) is 8.18. The zero-order valence-corrected chi connectivity index (χ0v) is 14.2. The van der Waals surface area contributed by atoms with E-state index >= 15 is 0 Å². The van der Waals surface area contributed by atoms with Gasteiger partial charge in [0.2, 0.25) is 11.8 Å². The normalized spacial score (nSPS) is 13.9. The maximum atomic E-state index is 12.1. The Morgan fingerprint density at radius 3 is 2.36 bits per heavy atom. The number of carbonyl (C=O) groups is 3. The summed E-state index contributed by atoms with van der Waals surface area (Å²) in [6.07, 6.45) is 0.0826. The standard InChI is InChI=1S/C18H21N3O4/c1-14(22)20-8-10-21(11-9-20)17(23)6-7-18(24)25-13-16-5-3-2-4-15(16)12-19/h2-5H,6-11,13H2,1H3. The molecule has 1 saturated heterocycles. The minimum atomic E-state index is -0.469. The molecule has 7 heteroatoms. The third-order valence-corrected chi connectivity index (χ3v) is 4.15. The number of nitrogens with zero attached hydrogens (tertiary/aromatic N) is 3. The molecule has 0 aromatic heterocycles. The van der Waals surface area contributed by atoms with Gasteiger partial charge in [0.1, 0.15) is 6.61 Å². The Hall–Kier alpha value is -2.88. The highest BCUT2D eigenvalue weighted by atomic mass is 16.5. The molecule has 132 valence electrons. The lowest BCUT2D eigenvalue weighted by molar-refractivity contribution is -0.147. The van der Waals surface area contributed by atoms with Gasteiger partial charge in [-0.25, -0.2) is 0 Å². The second-order valence-electron chi connectivity index (χ2n) is 5.82. The molecule has 25 heavy (non-hydrogen) atoms. The number of hydrogen-bond acceptors (Lipinski definition) is 5. The minimum Gasteiger partial charge on any atom is -0.461 e. The number of ether oxygens (including phenoxy) is 1. The monoisotopic (exact) mass is 343 g/mol. The Kier molecular flexibility index (Phi) is 6.52. The molecule has 2 rings (SSSR count). The van der Waals surface area contributed by atoms with Gasteiger partial charge in [0.05, 0.1) is 18.1 Å². The lowest BCUT2D eigenvalue weighted by Crippen LogP contribution is -2.50. The Morgan fingerprint density at radius 2 is 1.72 bits per heavy atom. The highest BCUT2D eigenvalue weighted by Gasteiger charge is 2.22. The molecule has 0 aliphatic carbocycles. The van der Waals surface area contributed by atoms with Gasteiger partial charge in [-0.1, -0.05) is 18.2 Å². The first kappa shape index (κ1) is 18.5. The van der Waals surface area contributed by atoms with Gasteiger partial charge in [-0.05, 0) is 6.07 Å². The number of esters is 1. The summed E-state index contributed by atoms with van der Waals surface area (Å²) in [5.74, 6) is -0.575. The molecule has 7 nitrogen and oxygen atoms in total. The van der Waals surface area contributed by atoms with Gasteiger partial charge in [-0.15, -0.1) is 0 Å². The van der Waals surface area contributed by atoms with Gasteiger partial charge in [-0.3, -0.25) is 14.4 Å². The Morgan fingerprint density at radius 1 is 1.08 bits per heavy atom. The summed E-state index contributed by atoms with van der Waals surface area (Å²) >= 11 is 0. The average Bonchev–Trinajstić information content (AvgIpc) is 2.64. The predicted molar refractivity (Wildman–Crippen MR) is 89.0 cm³/mol. The maximum absolute atomic E-state index is 12.1. The van der Waals surface area contributed by atoms with Crippen LogP contribution in [0.1, 0.15) is 30.9 Å². The molecule has 0 atom stereocenters. The van der Waals surface area contributed by atoms with E-state index in [9.17, 15) is 14.4 Å². The number of piperazine rings is 1. The van der Waals surface area contributed by atoms with Crippen LogP contribution in [-0.2, 0) is 25.7 Å². The van der Waals surface area contributed by atoms with Crippen LogP contribution in [0.4, 0.5) is 0 Å². The van der Waals surface area contributed by atoms with E-state index in [1.807, 2.05) is 6.07 Å². The third-order valence-electron chi connectivity index (χ3n) is 4.15. The van der Waals surface area contributed by atoms with Gasteiger partial charge >= 0.3 is 5.97 Å². The summed E-state index contributed by atoms with van der Waals surface area (Å²) in [5, 5.41) is 8.99. The third kappa shape index (κ3) is 5.31. The van der Waals surface area contributed by atoms with Crippen LogP contribution in [0.25, 0.3) is 0 Å². The molecule has 0 radical (unpaired) electrons. The van der Waals surface area contributed by atoms with Crippen LogP contribution in [0.5, 0.6) is 0 Å². The van der Waals surface area contributed by atoms with Crippen molar-refractivity contribution in [1.29, 1.82) is 5.26 Å². The van der Waals surface area contributed by atoms with Crippen molar-refractivity contribution in [2.24, 2.45) is 0 Å². The molecule has 0 spiro atoms. The fourth-order valence-corrected chi connectivity index (χ4v) is 2.62. The van der Waals surface area contributed by atoms with E-state index in [0.29, 0.717) is 37.3 Å². The number of rotatable bonds is 5. The van der Waals surface area contributed by atoms with Crippen molar-refractivity contribution in [3.63, 3.8) is 0 Å². The topological polar surface area (TPSA) is 90.7 Å². The van der Waals surface area contributed by atoms with Crippen LogP contribution < -0.4 is 0 Å². The molecule has 1 aromatic rings. The Labute approximate surface area is 146 Å². The number of amides is 2. The quantitative estimate of drug-likeness (QED) is 0.746. The van der Waals surface area contributed by atoms with Gasteiger partial charge in [0.15, 0.2) is 0 Å². The van der Waals surface area contributed by atoms with Crippen molar-refractivity contribution in [2.45, 2.75) is 26.4 Å². The van der Waals surface area contributed by atoms with Gasteiger partial charge in [-0.2, -0.15) is 5.26 Å². The molecule has 0 bridgehead atoms. The molecular weight excluding hydrogens is 322 g/mol. The summed E-state index contributed by atoms with van der Waals surface area (Å²) in [7, 11) is 0. The summed E-state index contributed by atoms with van der Waals surface area (Å²) in [6.45, 7) is 3.56. The minimum absolute atomic E-state index is 0.000473. The van der Waals surface area contributed by atoms with Crippen LogP contribution in [0.3, 0.4) is 0 Å². The number of hydrogen-bond donors (Lipinski definition) is 0. The van der Waals surface area contributed by atoms with Crippen LogP contribution in [0, 0.1) is 11.3 Å². The summed E-state index contributed by atoms with van der Waals surface area (Å²) in [4.78, 5) is 38.6. The van der Waals surface area contributed by atoms with Crippen LogP contribution in [-0.4, -0.2) is 53.8 Å². The zero-order valence-electron chi connectivity index (χ0n) is 14.2. The van der Waals surface area contributed by atoms with Gasteiger partial charge in [0, 0.05) is 45.1 Å². The first-order chi connectivity index (χ1) is 12.0. The summed E-state index contributed by atoms with van der Waals surface area (Å²) < 4.78 is 5.14. The van der Waals surface area contributed by atoms with Crippen LogP contribution >= 0.6 is 0 Å². The number of benzene rings is 1. The SMILES string of the molecule is CC(=O)N1CCN(C(=O)CCC(=O)OCc2ccccc2C#N)CC1. The van der Waals surface area contributed by atoms with Crippen molar-refractivity contribution in [3.05, 3.63) is 35.4 Å². The van der Waals surface area contributed by atoms with E-state index in [2.05, 4.69) is 0 Å². The van der Waals surface area contributed by atoms with E-state index < -0.39 is 5.97 Å². The lowest BCUT2D eigenvalue weighted by Gasteiger charge is -2.34. The second kappa shape index (κ2) is 8.83. The summed E-state index contributed by atoms with van der Waals surface area (Å²) in [6, 6.07) is 8.95. The van der Waals surface area contributed by atoms with Gasteiger partial charge < -0.3 is 14.5 Å². The molecule has 0 saturated carbocycles. The molecule has 1 aliphatic heterocycles. The Bertz CT molecular complexity index is 688. The molecule has 1 fully saturated rings. The van der Waals surface area contributed by atoms with E-state index in [1.54, 1.807) is 34.1 Å². The predicted octanol–water partition coefficient (Wildman–Crippen LogP) is 1.07. The fourth-order valence-electron chi connectivity index (χ4n) is 2.62. The Balaban J connectivity index is 1.72. The van der Waals surface area contributed by atoms with E-state index in [4.69, 9.17) is 10.00 Å². The van der Waals surface area contributed by atoms with Crippen LogP contribution in [0.2, 0.25) is 0 Å². The molecule has 1 heterocycles. The molecule has 0 N–H and O–H groups in total. The smallest absolute Gasteiger partial charge is 0.306 e. The van der Waals surface area contributed by atoms with E-state index in [-0.39, 0.29) is 31.3 Å². The van der Waals surface area contributed by atoms with Crippen molar-refractivity contribution in [3.8, 4) is 6.07 Å². The van der Waals surface area contributed by atoms with Crippen molar-refractivity contribution < 1.29 is 19.1 Å². The maximum Gasteiger partial charge on any atom is 0.306 e. The number of carbonyl (C=O) groups excluding carboxylic acids is 3. The fraction of sp³-hybridized carbons (Fsp3) is 0.444. The second-order valence-corrected chi connectivity index (χ2v) is 5.82. The average molecular weight is 343 g/mol. The van der Waals surface area contributed by atoms with Crippen molar-refractivity contribution in [1.82, 2.24) is 9.80 Å². The van der Waals surface area contributed by atoms with Gasteiger partial charge in [0.25, 0.3) is 0 Å². The first-order valence-corrected chi connectivity index (χ1v) is 8.18. The molecule has 1 aliphatic rings. The zero-order chi connectivity index (χ0) is 18.2. The molecule has 2 amide bonds.